The quantitative estimate of drug-likeness (QED) is 0.593. The van der Waals surface area contributed by atoms with Crippen LogP contribution in [0.5, 0.6) is 0 Å². The van der Waals surface area contributed by atoms with Crippen LogP contribution in [0.4, 0.5) is 0 Å². The maximum absolute atomic E-state index is 11.8. The molecule has 0 aliphatic carbocycles. The second-order valence-corrected chi connectivity index (χ2v) is 3.85. The standard InChI is InChI=1S/C10H14N2O2/c1-2-3-9(11)10(13)12-5-8-4-7(12)6-14-8/h1,7-9H,3-6,11H2. The van der Waals surface area contributed by atoms with Gasteiger partial charge in [0.2, 0.25) is 5.91 Å². The average Bonchev–Trinajstić information content (AvgIpc) is 2.77. The van der Waals surface area contributed by atoms with E-state index >= 15 is 0 Å². The number of morpholine rings is 1. The fraction of sp³-hybridized carbons (Fsp3) is 0.700. The monoisotopic (exact) mass is 194 g/mol. The van der Waals surface area contributed by atoms with Crippen molar-refractivity contribution in [1.82, 2.24) is 4.90 Å². The number of hydrogen-bond donors (Lipinski definition) is 1. The number of terminal acetylenes is 1. The number of hydrogen-bond acceptors (Lipinski definition) is 3. The molecule has 2 bridgehead atoms. The molecule has 0 aromatic carbocycles. The van der Waals surface area contributed by atoms with Gasteiger partial charge in [-0.05, 0) is 6.42 Å². The predicted octanol–water partition coefficient (Wildman–Crippen LogP) is -0.663. The summed E-state index contributed by atoms with van der Waals surface area (Å²) < 4.78 is 5.40. The molecule has 4 nitrogen and oxygen atoms in total. The van der Waals surface area contributed by atoms with Gasteiger partial charge in [-0.1, -0.05) is 0 Å². The summed E-state index contributed by atoms with van der Waals surface area (Å²) >= 11 is 0. The number of ether oxygens (including phenoxy) is 1. The summed E-state index contributed by atoms with van der Waals surface area (Å²) in [5.41, 5.74) is 5.66. The van der Waals surface area contributed by atoms with Crippen LogP contribution in [-0.4, -0.2) is 42.1 Å². The van der Waals surface area contributed by atoms with Crippen molar-refractivity contribution in [2.45, 2.75) is 31.0 Å². The van der Waals surface area contributed by atoms with Crippen molar-refractivity contribution in [3.8, 4) is 12.3 Å². The van der Waals surface area contributed by atoms with E-state index in [1.807, 2.05) is 4.90 Å². The zero-order valence-corrected chi connectivity index (χ0v) is 7.98. The molecule has 4 heteroatoms. The summed E-state index contributed by atoms with van der Waals surface area (Å²) in [6, 6.07) is -0.310. The summed E-state index contributed by atoms with van der Waals surface area (Å²) in [5.74, 6) is 2.38. The Bertz CT molecular complexity index is 284. The van der Waals surface area contributed by atoms with Crippen LogP contribution >= 0.6 is 0 Å². The largest absolute Gasteiger partial charge is 0.374 e. The Labute approximate surface area is 83.4 Å². The minimum absolute atomic E-state index is 0.0289. The topological polar surface area (TPSA) is 55.6 Å². The number of amides is 1. The highest BCUT2D eigenvalue weighted by molar-refractivity contribution is 5.82. The highest BCUT2D eigenvalue weighted by Crippen LogP contribution is 2.28. The van der Waals surface area contributed by atoms with Gasteiger partial charge in [-0.3, -0.25) is 4.79 Å². The van der Waals surface area contributed by atoms with E-state index in [4.69, 9.17) is 16.9 Å². The first-order valence-corrected chi connectivity index (χ1v) is 4.83. The van der Waals surface area contributed by atoms with Crippen molar-refractivity contribution in [3.05, 3.63) is 0 Å². The van der Waals surface area contributed by atoms with E-state index in [1.54, 1.807) is 0 Å². The molecule has 2 saturated heterocycles. The highest BCUT2D eigenvalue weighted by Gasteiger charge is 2.42. The SMILES string of the molecule is C#CCC(N)C(=O)N1CC2CC1CO2. The van der Waals surface area contributed by atoms with Crippen LogP contribution in [-0.2, 0) is 9.53 Å². The maximum atomic E-state index is 11.8. The zero-order valence-electron chi connectivity index (χ0n) is 7.98. The molecular formula is C10H14N2O2. The van der Waals surface area contributed by atoms with Crippen LogP contribution in [0.15, 0.2) is 0 Å². The van der Waals surface area contributed by atoms with Crippen LogP contribution in [0, 0.1) is 12.3 Å². The van der Waals surface area contributed by atoms with Crippen molar-refractivity contribution in [2.24, 2.45) is 5.73 Å². The number of nitrogens with two attached hydrogens (primary N) is 1. The van der Waals surface area contributed by atoms with Crippen molar-refractivity contribution < 1.29 is 9.53 Å². The first-order valence-electron chi connectivity index (χ1n) is 4.83. The minimum atomic E-state index is -0.542. The molecule has 2 fully saturated rings. The van der Waals surface area contributed by atoms with E-state index in [9.17, 15) is 4.79 Å². The Balaban J connectivity index is 1.96. The van der Waals surface area contributed by atoms with Gasteiger partial charge in [0.05, 0.1) is 24.8 Å². The average molecular weight is 194 g/mol. The first-order chi connectivity index (χ1) is 6.72. The molecule has 0 aromatic rings. The van der Waals surface area contributed by atoms with Crippen LogP contribution < -0.4 is 5.73 Å². The number of fused-ring (bicyclic) bond motifs is 2. The second-order valence-electron chi connectivity index (χ2n) is 3.85. The third kappa shape index (κ3) is 1.49. The van der Waals surface area contributed by atoms with Gasteiger partial charge in [0.15, 0.2) is 0 Å². The molecule has 1 amide bonds. The van der Waals surface area contributed by atoms with E-state index in [0.717, 1.165) is 6.42 Å². The summed E-state index contributed by atoms with van der Waals surface area (Å²) in [7, 11) is 0. The molecule has 0 spiro atoms. The molecular weight excluding hydrogens is 180 g/mol. The summed E-state index contributed by atoms with van der Waals surface area (Å²) in [4.78, 5) is 13.6. The molecule has 0 radical (unpaired) electrons. The smallest absolute Gasteiger partial charge is 0.240 e. The van der Waals surface area contributed by atoms with Gasteiger partial charge in [-0.2, -0.15) is 0 Å². The van der Waals surface area contributed by atoms with Gasteiger partial charge in [0.25, 0.3) is 0 Å². The van der Waals surface area contributed by atoms with Gasteiger partial charge >= 0.3 is 0 Å². The van der Waals surface area contributed by atoms with Crippen LogP contribution in [0.1, 0.15) is 12.8 Å². The molecule has 14 heavy (non-hydrogen) atoms. The fourth-order valence-corrected chi connectivity index (χ4v) is 2.10. The van der Waals surface area contributed by atoms with Crippen molar-refractivity contribution in [2.75, 3.05) is 13.2 Å². The fourth-order valence-electron chi connectivity index (χ4n) is 2.10. The van der Waals surface area contributed by atoms with Crippen LogP contribution in [0.2, 0.25) is 0 Å². The van der Waals surface area contributed by atoms with Crippen molar-refractivity contribution in [3.63, 3.8) is 0 Å². The lowest BCUT2D eigenvalue weighted by atomic mass is 10.2. The number of nitrogens with zero attached hydrogens (tertiary/aromatic N) is 1. The molecule has 2 aliphatic rings. The third-order valence-electron chi connectivity index (χ3n) is 2.84. The van der Waals surface area contributed by atoms with Gasteiger partial charge < -0.3 is 15.4 Å². The third-order valence-corrected chi connectivity index (χ3v) is 2.84. The molecule has 76 valence electrons. The Morgan fingerprint density at radius 2 is 2.57 bits per heavy atom. The molecule has 3 atom stereocenters. The number of rotatable bonds is 2. The summed E-state index contributed by atoms with van der Waals surface area (Å²) in [6.45, 7) is 1.33. The lowest BCUT2D eigenvalue weighted by molar-refractivity contribution is -0.136. The number of likely N-dealkylation sites (tertiary alicyclic amines) is 1. The summed E-state index contributed by atoms with van der Waals surface area (Å²) in [5, 5.41) is 0. The Morgan fingerprint density at radius 3 is 3.07 bits per heavy atom. The van der Waals surface area contributed by atoms with Crippen molar-refractivity contribution >= 4 is 5.91 Å². The van der Waals surface area contributed by atoms with E-state index in [1.165, 1.54) is 0 Å². The minimum Gasteiger partial charge on any atom is -0.374 e. The van der Waals surface area contributed by atoms with E-state index in [0.29, 0.717) is 19.6 Å². The van der Waals surface area contributed by atoms with Gasteiger partial charge in [-0.25, -0.2) is 0 Å². The number of carbonyl (C=O) groups excluding carboxylic acids is 1. The lowest BCUT2D eigenvalue weighted by Crippen LogP contribution is -2.49. The molecule has 2 heterocycles. The van der Waals surface area contributed by atoms with E-state index < -0.39 is 6.04 Å². The normalized spacial score (nSPS) is 31.6. The van der Waals surface area contributed by atoms with Crippen LogP contribution in [0.3, 0.4) is 0 Å². The lowest BCUT2D eigenvalue weighted by Gasteiger charge is -2.28. The number of carbonyl (C=O) groups is 1. The molecule has 0 aromatic heterocycles. The Hall–Kier alpha value is -1.05. The summed E-state index contributed by atoms with van der Waals surface area (Å²) in [6.07, 6.45) is 6.61. The Kier molecular flexibility index (Phi) is 2.44. The second kappa shape index (κ2) is 3.60. The maximum Gasteiger partial charge on any atom is 0.240 e. The van der Waals surface area contributed by atoms with Gasteiger partial charge in [-0.15, -0.1) is 12.3 Å². The van der Waals surface area contributed by atoms with Crippen LogP contribution in [0.25, 0.3) is 0 Å². The highest BCUT2D eigenvalue weighted by atomic mass is 16.5. The molecule has 2 N–H and O–H groups in total. The van der Waals surface area contributed by atoms with E-state index in [-0.39, 0.29) is 18.1 Å². The zero-order chi connectivity index (χ0) is 10.1. The van der Waals surface area contributed by atoms with Gasteiger partial charge in [0, 0.05) is 13.0 Å². The van der Waals surface area contributed by atoms with E-state index in [2.05, 4.69) is 5.92 Å². The van der Waals surface area contributed by atoms with Gasteiger partial charge in [0.1, 0.15) is 0 Å². The van der Waals surface area contributed by atoms with Crippen molar-refractivity contribution in [1.29, 1.82) is 0 Å². The first kappa shape index (κ1) is 9.50. The molecule has 3 unspecified atom stereocenters. The predicted molar refractivity (Wildman–Crippen MR) is 51.3 cm³/mol. The molecule has 2 aliphatic heterocycles. The molecule has 0 saturated carbocycles. The Morgan fingerprint density at radius 1 is 1.79 bits per heavy atom. The molecule has 2 rings (SSSR count).